The molecule has 0 bridgehead atoms. The van der Waals surface area contributed by atoms with Crippen LogP contribution >= 0.6 is 22.9 Å². The first-order valence-electron chi connectivity index (χ1n) is 11.1. The molecule has 0 spiro atoms. The average molecular weight is 505 g/mol. The number of halogens is 1. The molecule has 35 heavy (non-hydrogen) atoms. The number of carbonyl (C=O) groups excluding carboxylic acids is 3. The Morgan fingerprint density at radius 3 is 2.29 bits per heavy atom. The lowest BCUT2D eigenvalue weighted by molar-refractivity contribution is 0.0650. The zero-order valence-corrected chi connectivity index (χ0v) is 20.7. The Hall–Kier alpha value is -3.68. The highest BCUT2D eigenvalue weighted by atomic mass is 35.5. The molecule has 0 aliphatic carbocycles. The van der Waals surface area contributed by atoms with Crippen LogP contribution in [-0.4, -0.2) is 35.9 Å². The Labute approximate surface area is 211 Å². The van der Waals surface area contributed by atoms with Gasteiger partial charge in [0.1, 0.15) is 17.3 Å². The number of imide groups is 1. The van der Waals surface area contributed by atoms with E-state index in [1.54, 1.807) is 48.5 Å². The molecule has 0 fully saturated rings. The number of ether oxygens (including phenoxy) is 1. The van der Waals surface area contributed by atoms with Crippen LogP contribution in [-0.2, 0) is 0 Å². The van der Waals surface area contributed by atoms with E-state index in [-0.39, 0.29) is 6.67 Å². The number of aryl methyl sites for hydroxylation is 1. The minimum Gasteiger partial charge on any atom is -0.494 e. The van der Waals surface area contributed by atoms with Crippen LogP contribution in [0.2, 0.25) is 5.02 Å². The number of thiophene rings is 1. The Kier molecular flexibility index (Phi) is 6.05. The van der Waals surface area contributed by atoms with E-state index < -0.39 is 17.7 Å². The predicted octanol–water partition coefficient (Wildman–Crippen LogP) is 6.16. The van der Waals surface area contributed by atoms with Gasteiger partial charge in [0.15, 0.2) is 0 Å². The van der Waals surface area contributed by atoms with Crippen LogP contribution < -0.4 is 9.64 Å². The predicted molar refractivity (Wildman–Crippen MR) is 138 cm³/mol. The zero-order chi connectivity index (χ0) is 24.7. The molecule has 1 aliphatic rings. The number of nitrogens with zero attached hydrogens (tertiary/aromatic N) is 2. The third kappa shape index (κ3) is 4.07. The van der Waals surface area contributed by atoms with Crippen LogP contribution in [0.15, 0.2) is 66.7 Å². The monoisotopic (exact) mass is 504 g/mol. The summed E-state index contributed by atoms with van der Waals surface area (Å²) in [6.45, 7) is 4.12. The van der Waals surface area contributed by atoms with Gasteiger partial charge in [-0.25, -0.2) is 0 Å². The Bertz CT molecular complexity index is 1440. The fourth-order valence-electron chi connectivity index (χ4n) is 4.09. The number of carbonyl (C=O) groups is 3. The van der Waals surface area contributed by atoms with Gasteiger partial charge in [-0.05, 0) is 61.9 Å². The SMILES string of the molecule is CCOc1ccc(N(CN2C(=O)c3ccccc3C2=O)C(=O)c2sc3cc(C)ccc3c2Cl)cc1. The molecule has 0 saturated heterocycles. The van der Waals surface area contributed by atoms with Crippen molar-refractivity contribution in [3.8, 4) is 5.75 Å². The molecule has 1 aliphatic heterocycles. The van der Waals surface area contributed by atoms with Crippen molar-refractivity contribution in [2.24, 2.45) is 0 Å². The van der Waals surface area contributed by atoms with Gasteiger partial charge in [-0.15, -0.1) is 11.3 Å². The lowest BCUT2D eigenvalue weighted by Crippen LogP contribution is -2.44. The summed E-state index contributed by atoms with van der Waals surface area (Å²) in [5, 5.41) is 1.14. The topological polar surface area (TPSA) is 66.9 Å². The van der Waals surface area contributed by atoms with Crippen LogP contribution in [0.5, 0.6) is 5.75 Å². The summed E-state index contributed by atoms with van der Waals surface area (Å²) in [6, 6.07) is 19.4. The third-order valence-electron chi connectivity index (χ3n) is 5.84. The van der Waals surface area contributed by atoms with Crippen LogP contribution in [0.25, 0.3) is 10.1 Å². The summed E-state index contributed by atoms with van der Waals surface area (Å²) in [6.07, 6.45) is 0. The largest absolute Gasteiger partial charge is 0.494 e. The summed E-state index contributed by atoms with van der Waals surface area (Å²) in [4.78, 5) is 42.8. The molecule has 176 valence electrons. The van der Waals surface area contributed by atoms with Crippen molar-refractivity contribution in [3.05, 3.63) is 93.3 Å². The van der Waals surface area contributed by atoms with E-state index in [0.29, 0.717) is 39.1 Å². The number of anilines is 1. The first-order valence-corrected chi connectivity index (χ1v) is 12.3. The molecule has 3 aromatic carbocycles. The van der Waals surface area contributed by atoms with Crippen molar-refractivity contribution in [1.82, 2.24) is 4.90 Å². The molecule has 8 heteroatoms. The van der Waals surface area contributed by atoms with Gasteiger partial charge in [-0.3, -0.25) is 24.2 Å². The summed E-state index contributed by atoms with van der Waals surface area (Å²) in [5.41, 5.74) is 2.22. The molecular formula is C27H21ClN2O4S. The average Bonchev–Trinajstić information content (AvgIpc) is 3.31. The van der Waals surface area contributed by atoms with Gasteiger partial charge in [0.05, 0.1) is 22.8 Å². The van der Waals surface area contributed by atoms with E-state index in [4.69, 9.17) is 16.3 Å². The van der Waals surface area contributed by atoms with Gasteiger partial charge in [0, 0.05) is 15.8 Å². The van der Waals surface area contributed by atoms with Gasteiger partial charge in [0.25, 0.3) is 17.7 Å². The first kappa shape index (κ1) is 23.1. The van der Waals surface area contributed by atoms with E-state index >= 15 is 0 Å². The van der Waals surface area contributed by atoms with Crippen LogP contribution in [0.1, 0.15) is 42.9 Å². The van der Waals surface area contributed by atoms with Crippen molar-refractivity contribution in [2.45, 2.75) is 13.8 Å². The van der Waals surface area contributed by atoms with Crippen molar-refractivity contribution in [3.63, 3.8) is 0 Å². The zero-order valence-electron chi connectivity index (χ0n) is 19.1. The maximum atomic E-state index is 13.9. The van der Waals surface area contributed by atoms with E-state index in [9.17, 15) is 14.4 Å². The molecule has 3 amide bonds. The standard InChI is InChI=1S/C27H21ClN2O4S/c1-3-34-18-11-9-17(10-12-18)29(15-30-25(31)19-6-4-5-7-20(19)26(30)32)27(33)24-23(28)21-13-8-16(2)14-22(21)35-24/h4-14H,3,15H2,1-2H3. The molecule has 0 unspecified atom stereocenters. The lowest BCUT2D eigenvalue weighted by atomic mass is 10.1. The van der Waals surface area contributed by atoms with Crippen molar-refractivity contribution in [2.75, 3.05) is 18.2 Å². The fourth-order valence-corrected chi connectivity index (χ4v) is 5.65. The quantitative estimate of drug-likeness (QED) is 0.295. The van der Waals surface area contributed by atoms with E-state index in [0.717, 1.165) is 20.5 Å². The second-order valence-corrected chi connectivity index (χ2v) is 9.56. The summed E-state index contributed by atoms with van der Waals surface area (Å²) >= 11 is 7.94. The highest BCUT2D eigenvalue weighted by Crippen LogP contribution is 2.38. The normalized spacial score (nSPS) is 12.8. The number of hydrogen-bond donors (Lipinski definition) is 0. The van der Waals surface area contributed by atoms with Crippen LogP contribution in [0.4, 0.5) is 5.69 Å². The lowest BCUT2D eigenvalue weighted by Gasteiger charge is -2.27. The number of hydrogen-bond acceptors (Lipinski definition) is 5. The second-order valence-electron chi connectivity index (χ2n) is 8.13. The minimum absolute atomic E-state index is 0.247. The maximum Gasteiger partial charge on any atom is 0.271 e. The van der Waals surface area contributed by atoms with Crippen molar-refractivity contribution in [1.29, 1.82) is 0 Å². The van der Waals surface area contributed by atoms with Gasteiger partial charge in [-0.1, -0.05) is 35.9 Å². The van der Waals surface area contributed by atoms with Crippen LogP contribution in [0.3, 0.4) is 0 Å². The number of benzene rings is 3. The van der Waals surface area contributed by atoms with E-state index in [2.05, 4.69) is 0 Å². The Morgan fingerprint density at radius 1 is 1.00 bits per heavy atom. The van der Waals surface area contributed by atoms with Gasteiger partial charge < -0.3 is 4.74 Å². The van der Waals surface area contributed by atoms with Gasteiger partial charge in [-0.2, -0.15) is 0 Å². The molecule has 4 aromatic rings. The molecule has 0 saturated carbocycles. The highest BCUT2D eigenvalue weighted by molar-refractivity contribution is 7.21. The molecule has 0 N–H and O–H groups in total. The molecule has 5 rings (SSSR count). The molecule has 2 heterocycles. The van der Waals surface area contributed by atoms with Crippen molar-refractivity contribution < 1.29 is 19.1 Å². The third-order valence-corrected chi connectivity index (χ3v) is 7.49. The first-order chi connectivity index (χ1) is 16.9. The molecule has 1 aromatic heterocycles. The van der Waals surface area contributed by atoms with E-state index in [1.165, 1.54) is 16.2 Å². The molecular weight excluding hydrogens is 484 g/mol. The summed E-state index contributed by atoms with van der Waals surface area (Å²) in [5.74, 6) is -0.617. The Balaban J connectivity index is 1.55. The van der Waals surface area contributed by atoms with Crippen LogP contribution in [0, 0.1) is 6.92 Å². The second kappa shape index (κ2) is 9.17. The number of rotatable bonds is 6. The molecule has 6 nitrogen and oxygen atoms in total. The van der Waals surface area contributed by atoms with E-state index in [1.807, 2.05) is 32.0 Å². The molecule has 0 atom stereocenters. The van der Waals surface area contributed by atoms with Gasteiger partial charge >= 0.3 is 0 Å². The minimum atomic E-state index is -0.438. The fraction of sp³-hybridized carbons (Fsp3) is 0.148. The highest BCUT2D eigenvalue weighted by Gasteiger charge is 2.38. The number of amides is 3. The molecule has 0 radical (unpaired) electrons. The smallest absolute Gasteiger partial charge is 0.271 e. The summed E-state index contributed by atoms with van der Waals surface area (Å²) in [7, 11) is 0. The summed E-state index contributed by atoms with van der Waals surface area (Å²) < 4.78 is 6.42. The van der Waals surface area contributed by atoms with Gasteiger partial charge in [0.2, 0.25) is 0 Å². The van der Waals surface area contributed by atoms with Crippen molar-refractivity contribution >= 4 is 56.4 Å². The number of fused-ring (bicyclic) bond motifs is 2. The Morgan fingerprint density at radius 2 is 1.66 bits per heavy atom. The maximum absolute atomic E-state index is 13.9.